The molecule has 8 aromatic carbocycles. The average molecular weight is 1350 g/mol. The second-order valence-corrected chi connectivity index (χ2v) is 21.9. The summed E-state index contributed by atoms with van der Waals surface area (Å²) >= 11 is 34.9. The molecule has 8 rings (SSSR count). The third kappa shape index (κ3) is 33.3. The SMILES string of the molecule is CCCc1cc(Cl)cc(Cl)c1.CCCc1ccc(Cl)cc1Cl.CCCc1ccc(F)c(F)c1.CCCc1cccc(Cl)c1.CCCc1cccc(F)c1.CCCc1ccccc1Cl.CNc1cc(F)c(F)c(C(F)F)c1.CNc1cc(F)c(F)c(CF)c1. The van der Waals surface area contributed by atoms with E-state index in [-0.39, 0.29) is 17.1 Å². The molecular weight excluding hydrogens is 1270 g/mol. The molecule has 0 radical (unpaired) electrons. The standard InChI is InChI=1S/2C9H10Cl2.2C9H11Cl.C9H10F2.C9H11F.C8H7F4N.C8H8F3N/c1-2-3-7-4-8(10)6-9(11)5-7;1-2-3-7-4-5-8(10)6-9(7)11;1-2-5-8-6-3-4-7-9(8)10;1-2-4-8-5-3-6-9(10)7-8;1-2-3-7-4-5-8(10)9(11)6-7;1-2-4-8-5-3-6-9(10)7-8;1-13-4-2-5(8(11)12)7(10)6(9)3-4;1-12-6-2-5(4-9)8(11)7(10)3-6/h2*4-6H,2-3H2,1H3;3-4,6-7H,2,5H2,1H3;3,5-7H,2,4H2,1H3;4-6H,2-3H2,1H3;3,5-7H,2,4H2,1H3;2-3,8,13H,1H3;2-3,12H,4H2,1H3. The first kappa shape index (κ1) is 80.4. The second kappa shape index (κ2) is 46.5. The summed E-state index contributed by atoms with van der Waals surface area (Å²) in [4.78, 5) is 0. The van der Waals surface area contributed by atoms with E-state index in [0.717, 1.165) is 125 Å². The highest BCUT2D eigenvalue weighted by molar-refractivity contribution is 6.35. The Bertz CT molecular complexity index is 3170. The van der Waals surface area contributed by atoms with Gasteiger partial charge in [0.05, 0.1) is 5.56 Å². The van der Waals surface area contributed by atoms with E-state index in [0.29, 0.717) is 10.7 Å². The third-order valence-electron chi connectivity index (χ3n) is 12.0. The van der Waals surface area contributed by atoms with Gasteiger partial charge in [-0.1, -0.05) is 204 Å². The lowest BCUT2D eigenvalue weighted by Gasteiger charge is -2.06. The molecule has 2 nitrogen and oxygen atoms in total. The predicted octanol–water partition coefficient (Wildman–Crippen LogP) is 25.6. The summed E-state index contributed by atoms with van der Waals surface area (Å²) in [5.41, 5.74) is 6.21. The van der Waals surface area contributed by atoms with E-state index in [1.807, 2.05) is 73.7 Å². The Morgan fingerprint density at radius 3 is 1.30 bits per heavy atom. The number of nitrogens with one attached hydrogen (secondary N) is 2. The van der Waals surface area contributed by atoms with Crippen molar-refractivity contribution in [3.8, 4) is 0 Å². The van der Waals surface area contributed by atoms with Crippen molar-refractivity contribution in [2.24, 2.45) is 0 Å². The zero-order valence-electron chi connectivity index (χ0n) is 50.8. The molecule has 0 amide bonds. The average Bonchev–Trinajstić information content (AvgIpc) is 2.29. The lowest BCUT2D eigenvalue weighted by atomic mass is 10.1. The number of benzene rings is 8. The summed E-state index contributed by atoms with van der Waals surface area (Å²) in [6.07, 6.45) is 9.63. The van der Waals surface area contributed by atoms with Crippen LogP contribution < -0.4 is 10.6 Å². The van der Waals surface area contributed by atoms with E-state index in [1.165, 1.54) is 60.0 Å². The largest absolute Gasteiger partial charge is 0.388 e. The van der Waals surface area contributed by atoms with Crippen LogP contribution in [0.3, 0.4) is 0 Å². The van der Waals surface area contributed by atoms with Crippen LogP contribution in [0.1, 0.15) is 131 Å². The molecule has 0 unspecified atom stereocenters. The van der Waals surface area contributed by atoms with Gasteiger partial charge in [-0.25, -0.2) is 43.9 Å². The van der Waals surface area contributed by atoms with Gasteiger partial charge in [0.2, 0.25) is 0 Å². The van der Waals surface area contributed by atoms with Crippen LogP contribution in [0, 0.1) is 40.7 Å². The molecule has 0 atom stereocenters. The minimum atomic E-state index is -3.01. The Hall–Kier alpha value is -5.60. The van der Waals surface area contributed by atoms with Crippen LogP contribution in [0.25, 0.3) is 0 Å². The Balaban J connectivity index is 0.000000504. The van der Waals surface area contributed by atoms with E-state index in [9.17, 15) is 43.9 Å². The minimum absolute atomic E-state index is 0.120. The highest BCUT2D eigenvalue weighted by Gasteiger charge is 2.18. The summed E-state index contributed by atoms with van der Waals surface area (Å²) in [6, 6.07) is 42.0. The Morgan fingerprint density at radius 1 is 0.352 bits per heavy atom. The van der Waals surface area contributed by atoms with Crippen LogP contribution in [0.5, 0.6) is 0 Å². The monoisotopic (exact) mass is 1350 g/mol. The van der Waals surface area contributed by atoms with E-state index in [4.69, 9.17) is 69.6 Å². The maximum Gasteiger partial charge on any atom is 0.266 e. The predicted molar refractivity (Wildman–Crippen MR) is 354 cm³/mol. The fourth-order valence-electron chi connectivity index (χ4n) is 7.76. The van der Waals surface area contributed by atoms with Crippen molar-refractivity contribution in [3.63, 3.8) is 0 Å². The molecule has 18 heteroatoms. The molecule has 0 heterocycles. The number of rotatable bonds is 16. The molecule has 0 aliphatic rings. The lowest BCUT2D eigenvalue weighted by Crippen LogP contribution is -1.98. The van der Waals surface area contributed by atoms with Crippen LogP contribution in [0.4, 0.5) is 55.3 Å². The van der Waals surface area contributed by atoms with Crippen LogP contribution in [-0.4, -0.2) is 14.1 Å². The summed E-state index contributed by atoms with van der Waals surface area (Å²) in [7, 11) is 2.98. The molecule has 8 aromatic rings. The first-order valence-corrected chi connectivity index (χ1v) is 30.9. The number of alkyl halides is 3. The molecule has 0 saturated heterocycles. The Labute approximate surface area is 544 Å². The molecule has 0 bridgehead atoms. The number of anilines is 2. The van der Waals surface area contributed by atoms with Gasteiger partial charge < -0.3 is 10.6 Å². The zero-order valence-corrected chi connectivity index (χ0v) is 55.3. The van der Waals surface area contributed by atoms with E-state index >= 15 is 0 Å². The first-order chi connectivity index (χ1) is 41.9. The lowest BCUT2D eigenvalue weighted by molar-refractivity contribution is 0.145. The second-order valence-electron chi connectivity index (χ2n) is 19.3. The highest BCUT2D eigenvalue weighted by atomic mass is 35.5. The van der Waals surface area contributed by atoms with Gasteiger partial charge in [-0.05, 0) is 157 Å². The van der Waals surface area contributed by atoms with Crippen LogP contribution >= 0.6 is 69.6 Å². The number of halogens is 16. The summed E-state index contributed by atoms with van der Waals surface area (Å²) < 4.78 is 124. The zero-order chi connectivity index (χ0) is 66.1. The van der Waals surface area contributed by atoms with Crippen molar-refractivity contribution >= 4 is 81.0 Å². The maximum absolute atomic E-state index is 12.7. The third-order valence-corrected chi connectivity index (χ3v) is 13.6. The van der Waals surface area contributed by atoms with Gasteiger partial charge in [-0.3, -0.25) is 0 Å². The van der Waals surface area contributed by atoms with Crippen molar-refractivity contribution in [1.82, 2.24) is 0 Å². The fourth-order valence-corrected chi connectivity index (χ4v) is 9.27. The molecule has 0 aromatic heterocycles. The van der Waals surface area contributed by atoms with Gasteiger partial charge in [0.1, 0.15) is 12.5 Å². The molecule has 0 saturated carbocycles. The minimum Gasteiger partial charge on any atom is -0.388 e. The molecule has 0 fully saturated rings. The maximum atomic E-state index is 12.7. The van der Waals surface area contributed by atoms with Gasteiger partial charge in [0.15, 0.2) is 34.9 Å². The highest BCUT2D eigenvalue weighted by Crippen LogP contribution is 2.28. The van der Waals surface area contributed by atoms with E-state index in [2.05, 4.69) is 57.4 Å². The summed E-state index contributed by atoms with van der Waals surface area (Å²) in [5.74, 6) is -6.58. The molecule has 480 valence electrons. The normalized spacial score (nSPS) is 10.1. The van der Waals surface area contributed by atoms with Crippen molar-refractivity contribution < 1.29 is 43.9 Å². The molecule has 0 aliphatic heterocycles. The van der Waals surface area contributed by atoms with E-state index in [1.54, 1.807) is 37.4 Å². The van der Waals surface area contributed by atoms with Crippen LogP contribution in [0.15, 0.2) is 152 Å². The number of hydrogen-bond donors (Lipinski definition) is 2. The first-order valence-electron chi connectivity index (χ1n) is 28.7. The van der Waals surface area contributed by atoms with Crippen LogP contribution in [0.2, 0.25) is 30.1 Å². The van der Waals surface area contributed by atoms with Crippen molar-refractivity contribution in [2.75, 3.05) is 24.7 Å². The summed E-state index contributed by atoms with van der Waals surface area (Å²) in [5, 5.41) is 9.71. The van der Waals surface area contributed by atoms with Gasteiger partial charge in [-0.15, -0.1) is 0 Å². The van der Waals surface area contributed by atoms with Gasteiger partial charge in [-0.2, -0.15) is 0 Å². The summed E-state index contributed by atoms with van der Waals surface area (Å²) in [6.45, 7) is 11.7. The van der Waals surface area contributed by atoms with Gasteiger partial charge in [0, 0.05) is 73.3 Å². The topological polar surface area (TPSA) is 24.1 Å². The molecule has 88 heavy (non-hydrogen) atoms. The van der Waals surface area contributed by atoms with Gasteiger partial charge in [0.25, 0.3) is 6.43 Å². The Kier molecular flexibility index (Phi) is 42.5. The van der Waals surface area contributed by atoms with Crippen molar-refractivity contribution in [2.45, 2.75) is 132 Å². The van der Waals surface area contributed by atoms with Crippen LogP contribution in [-0.2, 0) is 45.2 Å². The van der Waals surface area contributed by atoms with Crippen molar-refractivity contribution in [3.05, 3.63) is 267 Å². The molecule has 0 aliphatic carbocycles. The fraction of sp³-hybridized carbons (Fsp3) is 0.314. The number of aryl methyl sites for hydroxylation is 6. The molecular formula is C70H78Cl6F10N2. The quantitative estimate of drug-likeness (QED) is 0.0942. The van der Waals surface area contributed by atoms with E-state index < -0.39 is 53.6 Å². The van der Waals surface area contributed by atoms with Crippen molar-refractivity contribution in [1.29, 1.82) is 0 Å². The Morgan fingerprint density at radius 2 is 0.818 bits per heavy atom. The van der Waals surface area contributed by atoms with Gasteiger partial charge >= 0.3 is 0 Å². The smallest absolute Gasteiger partial charge is 0.266 e. The molecule has 0 spiro atoms. The number of hydrogen-bond acceptors (Lipinski definition) is 2. The molecule has 2 N–H and O–H groups in total.